The van der Waals surface area contributed by atoms with Crippen LogP contribution in [0, 0.1) is 12.3 Å². The fraction of sp³-hybridized carbons (Fsp3) is 0.625. The third-order valence-corrected chi connectivity index (χ3v) is 4.23. The largest absolute Gasteiger partial charge is 0.496 e. The molecule has 2 unspecified atom stereocenters. The highest BCUT2D eigenvalue weighted by Gasteiger charge is 2.35. The van der Waals surface area contributed by atoms with E-state index in [4.69, 9.17) is 10.5 Å². The summed E-state index contributed by atoms with van der Waals surface area (Å²) in [5, 5.41) is 0. The highest BCUT2D eigenvalue weighted by atomic mass is 16.5. The van der Waals surface area contributed by atoms with E-state index in [2.05, 4.69) is 39.0 Å². The molecular formula is C16H25NO. The standard InChI is InChI=1S/C16H25NO/c1-11-5-6-15(18-4)12(9-11)13-10-16(2,3)8-7-14(13)17/h5-6,9,13-14H,7-8,10,17H2,1-4H3. The Morgan fingerprint density at radius 1 is 1.33 bits per heavy atom. The Morgan fingerprint density at radius 3 is 2.72 bits per heavy atom. The number of hydrogen-bond acceptors (Lipinski definition) is 2. The van der Waals surface area contributed by atoms with E-state index >= 15 is 0 Å². The lowest BCUT2D eigenvalue weighted by atomic mass is 9.68. The van der Waals surface area contributed by atoms with Gasteiger partial charge in [0.25, 0.3) is 0 Å². The quantitative estimate of drug-likeness (QED) is 0.866. The number of methoxy groups -OCH3 is 1. The van der Waals surface area contributed by atoms with E-state index in [1.165, 1.54) is 17.5 Å². The Hall–Kier alpha value is -1.02. The minimum Gasteiger partial charge on any atom is -0.496 e. The molecule has 0 bridgehead atoms. The van der Waals surface area contributed by atoms with Crippen molar-refractivity contribution in [1.29, 1.82) is 0 Å². The van der Waals surface area contributed by atoms with Crippen molar-refractivity contribution in [2.24, 2.45) is 11.1 Å². The lowest BCUT2D eigenvalue weighted by Crippen LogP contribution is -2.37. The summed E-state index contributed by atoms with van der Waals surface area (Å²) in [6.45, 7) is 6.81. The average Bonchev–Trinajstić information content (AvgIpc) is 2.32. The van der Waals surface area contributed by atoms with Gasteiger partial charge in [-0.25, -0.2) is 0 Å². The molecular weight excluding hydrogens is 222 g/mol. The molecule has 100 valence electrons. The summed E-state index contributed by atoms with van der Waals surface area (Å²) in [7, 11) is 1.74. The van der Waals surface area contributed by atoms with Crippen LogP contribution in [0.25, 0.3) is 0 Å². The maximum atomic E-state index is 6.35. The molecule has 0 heterocycles. The van der Waals surface area contributed by atoms with Crippen molar-refractivity contribution in [3.05, 3.63) is 29.3 Å². The first kappa shape index (κ1) is 13.4. The van der Waals surface area contributed by atoms with Crippen molar-refractivity contribution >= 4 is 0 Å². The molecule has 2 atom stereocenters. The molecule has 0 aliphatic heterocycles. The second-order valence-corrected chi connectivity index (χ2v) is 6.42. The van der Waals surface area contributed by atoms with Crippen LogP contribution in [0.2, 0.25) is 0 Å². The van der Waals surface area contributed by atoms with Crippen LogP contribution in [-0.4, -0.2) is 13.2 Å². The predicted octanol–water partition coefficient (Wildman–Crippen LogP) is 3.62. The number of nitrogens with two attached hydrogens (primary N) is 1. The second kappa shape index (κ2) is 4.93. The van der Waals surface area contributed by atoms with Crippen molar-refractivity contribution in [2.45, 2.75) is 52.0 Å². The highest BCUT2D eigenvalue weighted by Crippen LogP contribution is 2.45. The SMILES string of the molecule is COc1ccc(C)cc1C1CC(C)(C)CCC1N. The van der Waals surface area contributed by atoms with Gasteiger partial charge in [-0.15, -0.1) is 0 Å². The zero-order chi connectivity index (χ0) is 13.3. The molecule has 18 heavy (non-hydrogen) atoms. The van der Waals surface area contributed by atoms with Gasteiger partial charge < -0.3 is 10.5 Å². The molecule has 2 rings (SSSR count). The molecule has 1 saturated carbocycles. The molecule has 2 N–H and O–H groups in total. The zero-order valence-electron chi connectivity index (χ0n) is 12.0. The molecule has 2 heteroatoms. The van der Waals surface area contributed by atoms with Crippen LogP contribution in [0.3, 0.4) is 0 Å². The monoisotopic (exact) mass is 247 g/mol. The Morgan fingerprint density at radius 2 is 2.06 bits per heavy atom. The molecule has 1 aliphatic carbocycles. The molecule has 0 amide bonds. The van der Waals surface area contributed by atoms with Crippen LogP contribution in [0.5, 0.6) is 5.75 Å². The molecule has 0 spiro atoms. The van der Waals surface area contributed by atoms with Crippen molar-refractivity contribution in [1.82, 2.24) is 0 Å². The summed E-state index contributed by atoms with van der Waals surface area (Å²) in [4.78, 5) is 0. The first-order valence-electron chi connectivity index (χ1n) is 6.83. The molecule has 1 aromatic carbocycles. The fourth-order valence-electron chi connectivity index (χ4n) is 3.09. The van der Waals surface area contributed by atoms with E-state index in [0.717, 1.165) is 18.6 Å². The van der Waals surface area contributed by atoms with Crippen LogP contribution in [-0.2, 0) is 0 Å². The van der Waals surface area contributed by atoms with Gasteiger partial charge >= 0.3 is 0 Å². The van der Waals surface area contributed by atoms with Crippen LogP contribution in [0.4, 0.5) is 0 Å². The normalized spacial score (nSPS) is 26.9. The Labute approximate surface area is 111 Å². The summed E-state index contributed by atoms with van der Waals surface area (Å²) in [5.41, 5.74) is 9.30. The molecule has 1 aliphatic rings. The number of aryl methyl sites for hydroxylation is 1. The summed E-state index contributed by atoms with van der Waals surface area (Å²) in [6, 6.07) is 6.67. The van der Waals surface area contributed by atoms with Crippen molar-refractivity contribution < 1.29 is 4.74 Å². The number of rotatable bonds is 2. The smallest absolute Gasteiger partial charge is 0.122 e. The summed E-state index contributed by atoms with van der Waals surface area (Å²) < 4.78 is 5.51. The van der Waals surface area contributed by atoms with Gasteiger partial charge in [0, 0.05) is 12.0 Å². The van der Waals surface area contributed by atoms with Crippen molar-refractivity contribution in [2.75, 3.05) is 7.11 Å². The fourth-order valence-corrected chi connectivity index (χ4v) is 3.09. The predicted molar refractivity (Wildman–Crippen MR) is 76.1 cm³/mol. The lowest BCUT2D eigenvalue weighted by molar-refractivity contribution is 0.196. The number of hydrogen-bond donors (Lipinski definition) is 1. The minimum absolute atomic E-state index is 0.258. The van der Waals surface area contributed by atoms with E-state index in [9.17, 15) is 0 Å². The van der Waals surface area contributed by atoms with Gasteiger partial charge in [0.1, 0.15) is 5.75 Å². The zero-order valence-corrected chi connectivity index (χ0v) is 12.0. The first-order chi connectivity index (χ1) is 8.43. The van der Waals surface area contributed by atoms with E-state index in [1.54, 1.807) is 7.11 Å². The Kier molecular flexibility index (Phi) is 3.67. The van der Waals surface area contributed by atoms with Crippen LogP contribution in [0.1, 0.15) is 50.2 Å². The average molecular weight is 247 g/mol. The first-order valence-corrected chi connectivity index (χ1v) is 6.83. The second-order valence-electron chi connectivity index (χ2n) is 6.42. The molecule has 0 aromatic heterocycles. The van der Waals surface area contributed by atoms with Gasteiger partial charge in [0.2, 0.25) is 0 Å². The molecule has 0 saturated heterocycles. The number of ether oxygens (including phenoxy) is 1. The summed E-state index contributed by atoms with van der Waals surface area (Å²) in [6.07, 6.45) is 3.47. The van der Waals surface area contributed by atoms with E-state index in [-0.39, 0.29) is 6.04 Å². The van der Waals surface area contributed by atoms with E-state index in [1.807, 2.05) is 0 Å². The third kappa shape index (κ3) is 2.69. The lowest BCUT2D eigenvalue weighted by Gasteiger charge is -2.40. The summed E-state index contributed by atoms with van der Waals surface area (Å²) in [5.74, 6) is 1.40. The minimum atomic E-state index is 0.258. The summed E-state index contributed by atoms with van der Waals surface area (Å²) >= 11 is 0. The van der Waals surface area contributed by atoms with Crippen LogP contribution < -0.4 is 10.5 Å². The molecule has 1 fully saturated rings. The topological polar surface area (TPSA) is 35.2 Å². The van der Waals surface area contributed by atoms with Gasteiger partial charge in [0.05, 0.1) is 7.11 Å². The highest BCUT2D eigenvalue weighted by molar-refractivity contribution is 5.40. The van der Waals surface area contributed by atoms with Crippen LogP contribution in [0.15, 0.2) is 18.2 Å². The number of benzene rings is 1. The maximum absolute atomic E-state index is 6.35. The van der Waals surface area contributed by atoms with E-state index in [0.29, 0.717) is 11.3 Å². The Balaban J connectivity index is 2.36. The van der Waals surface area contributed by atoms with Gasteiger partial charge in [-0.3, -0.25) is 0 Å². The van der Waals surface area contributed by atoms with Gasteiger partial charge in [0.15, 0.2) is 0 Å². The third-order valence-electron chi connectivity index (χ3n) is 4.23. The van der Waals surface area contributed by atoms with Crippen LogP contribution >= 0.6 is 0 Å². The Bertz CT molecular complexity index is 425. The maximum Gasteiger partial charge on any atom is 0.122 e. The van der Waals surface area contributed by atoms with Gasteiger partial charge in [-0.05, 0) is 43.2 Å². The van der Waals surface area contributed by atoms with Gasteiger partial charge in [-0.1, -0.05) is 31.5 Å². The molecule has 1 aromatic rings. The molecule has 2 nitrogen and oxygen atoms in total. The molecule has 0 radical (unpaired) electrons. The van der Waals surface area contributed by atoms with Crippen molar-refractivity contribution in [3.8, 4) is 5.75 Å². The van der Waals surface area contributed by atoms with Crippen molar-refractivity contribution in [3.63, 3.8) is 0 Å². The van der Waals surface area contributed by atoms with Gasteiger partial charge in [-0.2, -0.15) is 0 Å². The van der Waals surface area contributed by atoms with E-state index < -0.39 is 0 Å².